The fraction of sp³-hybridized carbons (Fsp3) is 0. The van der Waals surface area contributed by atoms with E-state index in [1.807, 2.05) is 12.1 Å². The molecule has 0 fully saturated rings. The lowest BCUT2D eigenvalue weighted by atomic mass is 9.35. The van der Waals surface area contributed by atoms with E-state index in [-0.39, 0.29) is 6.71 Å². The average molecular weight is 677 g/mol. The van der Waals surface area contributed by atoms with Gasteiger partial charge in [-0.1, -0.05) is 109 Å². The predicted molar refractivity (Wildman–Crippen MR) is 218 cm³/mol. The summed E-state index contributed by atoms with van der Waals surface area (Å²) in [5, 5.41) is 4.90. The lowest BCUT2D eigenvalue weighted by Crippen LogP contribution is -2.57. The van der Waals surface area contributed by atoms with Crippen molar-refractivity contribution in [1.29, 1.82) is 0 Å². The van der Waals surface area contributed by atoms with Gasteiger partial charge in [-0.25, -0.2) is 0 Å². The SMILES string of the molecule is c1ccc(-n2c3ccccc3c3ccc(-c4ccc5c(c4)c4ccccc4n5-c4cc5c6c(c4)Oc4ccccc4B6c4ccccc4O5)cc32)cc1. The highest BCUT2D eigenvalue weighted by Crippen LogP contribution is 2.41. The number of ether oxygens (including phenoxy) is 2. The van der Waals surface area contributed by atoms with Gasteiger partial charge in [0, 0.05) is 44.8 Å². The summed E-state index contributed by atoms with van der Waals surface area (Å²) in [6.07, 6.45) is 0. The molecule has 0 amide bonds. The van der Waals surface area contributed by atoms with Crippen molar-refractivity contribution in [2.24, 2.45) is 0 Å². The number of fused-ring (bicyclic) bond motifs is 10. The van der Waals surface area contributed by atoms with Gasteiger partial charge >= 0.3 is 0 Å². The van der Waals surface area contributed by atoms with Crippen LogP contribution in [0.15, 0.2) is 176 Å². The molecule has 0 unspecified atom stereocenters. The lowest BCUT2D eigenvalue weighted by molar-refractivity contribution is 0.464. The Morgan fingerprint density at radius 1 is 0.340 bits per heavy atom. The first-order chi connectivity index (χ1) is 26.3. The average Bonchev–Trinajstić information content (AvgIpc) is 3.73. The molecule has 2 aromatic heterocycles. The Bertz CT molecular complexity index is 3070. The van der Waals surface area contributed by atoms with Crippen molar-refractivity contribution >= 4 is 66.7 Å². The Morgan fingerprint density at radius 3 is 1.55 bits per heavy atom. The molecule has 0 radical (unpaired) electrons. The normalized spacial score (nSPS) is 12.8. The van der Waals surface area contributed by atoms with Gasteiger partial charge in [-0.3, -0.25) is 0 Å². The van der Waals surface area contributed by atoms with Crippen LogP contribution in [0.25, 0.3) is 66.1 Å². The molecule has 0 bridgehead atoms. The summed E-state index contributed by atoms with van der Waals surface area (Å²) in [6, 6.07) is 62.9. The first kappa shape index (κ1) is 28.7. The minimum Gasteiger partial charge on any atom is -0.458 e. The molecule has 0 saturated carbocycles. The molecule has 0 N–H and O–H groups in total. The largest absolute Gasteiger partial charge is 0.458 e. The van der Waals surface area contributed by atoms with Gasteiger partial charge in [-0.15, -0.1) is 0 Å². The standard InChI is InChI=1S/C48H29BN2O2/c1-2-12-32(13-3-1)50-40-18-8-4-14-34(40)36-24-22-31(27-43(36)50)30-23-25-42-37(26-30)35-15-5-9-19-41(35)51(42)33-28-46-48-47(29-33)53-45-21-11-7-17-39(45)49(48)38-16-6-10-20-44(38)52-46/h1-29H. The molecule has 0 atom stereocenters. The molecule has 5 heteroatoms. The molecule has 4 heterocycles. The van der Waals surface area contributed by atoms with E-state index in [1.54, 1.807) is 0 Å². The van der Waals surface area contributed by atoms with E-state index in [2.05, 4.69) is 173 Å². The van der Waals surface area contributed by atoms with Crippen LogP contribution in [0.5, 0.6) is 23.0 Å². The van der Waals surface area contributed by atoms with Gasteiger partial charge in [-0.05, 0) is 76.6 Å². The summed E-state index contributed by atoms with van der Waals surface area (Å²) in [5.74, 6) is 3.45. The second kappa shape index (κ2) is 10.8. The van der Waals surface area contributed by atoms with Crippen molar-refractivity contribution in [3.05, 3.63) is 176 Å². The molecule has 10 aromatic rings. The van der Waals surface area contributed by atoms with Crippen molar-refractivity contribution < 1.29 is 9.47 Å². The maximum Gasteiger partial charge on any atom is 0.260 e. The maximum atomic E-state index is 6.68. The molecule has 0 aliphatic carbocycles. The van der Waals surface area contributed by atoms with Crippen molar-refractivity contribution in [2.45, 2.75) is 0 Å². The number of hydrogen-bond donors (Lipinski definition) is 0. The zero-order chi connectivity index (χ0) is 34.6. The monoisotopic (exact) mass is 676 g/mol. The number of nitrogens with zero attached hydrogens (tertiary/aromatic N) is 2. The molecule has 8 aromatic carbocycles. The quantitative estimate of drug-likeness (QED) is 0.174. The molecule has 0 saturated heterocycles. The summed E-state index contributed by atoms with van der Waals surface area (Å²) in [7, 11) is 0. The van der Waals surface area contributed by atoms with E-state index in [1.165, 1.54) is 43.7 Å². The van der Waals surface area contributed by atoms with Gasteiger partial charge in [0.25, 0.3) is 6.71 Å². The van der Waals surface area contributed by atoms with Crippen LogP contribution < -0.4 is 25.9 Å². The van der Waals surface area contributed by atoms with E-state index in [9.17, 15) is 0 Å². The molecule has 0 spiro atoms. The van der Waals surface area contributed by atoms with Gasteiger partial charge in [0.05, 0.1) is 27.8 Å². The third-order valence-corrected chi connectivity index (χ3v) is 11.2. The van der Waals surface area contributed by atoms with Crippen molar-refractivity contribution in [2.75, 3.05) is 0 Å². The highest BCUT2D eigenvalue weighted by Gasteiger charge is 2.40. The van der Waals surface area contributed by atoms with Crippen LogP contribution in [0.4, 0.5) is 0 Å². The van der Waals surface area contributed by atoms with Crippen LogP contribution in [-0.2, 0) is 0 Å². The Labute approximate surface area is 305 Å². The number of hydrogen-bond acceptors (Lipinski definition) is 2. The molecular formula is C48H29BN2O2. The van der Waals surface area contributed by atoms with Crippen LogP contribution >= 0.6 is 0 Å². The predicted octanol–water partition coefficient (Wildman–Crippen LogP) is 10.3. The van der Waals surface area contributed by atoms with Gasteiger partial charge < -0.3 is 18.6 Å². The Hall–Kier alpha value is -6.98. The molecule has 2 aliphatic heterocycles. The van der Waals surface area contributed by atoms with E-state index in [0.717, 1.165) is 61.8 Å². The van der Waals surface area contributed by atoms with Gasteiger partial charge in [0.2, 0.25) is 0 Å². The highest BCUT2D eigenvalue weighted by atomic mass is 16.5. The molecule has 246 valence electrons. The molecular weight excluding hydrogens is 647 g/mol. The molecule has 53 heavy (non-hydrogen) atoms. The van der Waals surface area contributed by atoms with Crippen LogP contribution in [0.1, 0.15) is 0 Å². The van der Waals surface area contributed by atoms with Gasteiger partial charge in [0.15, 0.2) is 0 Å². The third kappa shape index (κ3) is 4.07. The lowest BCUT2D eigenvalue weighted by Gasteiger charge is -2.33. The van der Waals surface area contributed by atoms with Gasteiger partial charge in [0.1, 0.15) is 23.0 Å². The number of para-hydroxylation sites is 5. The molecule has 12 rings (SSSR count). The van der Waals surface area contributed by atoms with E-state index >= 15 is 0 Å². The Balaban J connectivity index is 1.05. The maximum absolute atomic E-state index is 6.68. The van der Waals surface area contributed by atoms with Crippen molar-refractivity contribution in [3.8, 4) is 45.5 Å². The number of benzene rings is 8. The molecule has 2 aliphatic rings. The van der Waals surface area contributed by atoms with Gasteiger partial charge in [-0.2, -0.15) is 0 Å². The fourth-order valence-electron chi connectivity index (χ4n) is 8.95. The minimum atomic E-state index is 0.0441. The van der Waals surface area contributed by atoms with Crippen molar-refractivity contribution in [1.82, 2.24) is 9.13 Å². The van der Waals surface area contributed by atoms with Crippen LogP contribution in [0.3, 0.4) is 0 Å². The Kier molecular flexibility index (Phi) is 5.83. The first-order valence-electron chi connectivity index (χ1n) is 18.1. The molecule has 4 nitrogen and oxygen atoms in total. The van der Waals surface area contributed by atoms with Crippen LogP contribution in [0, 0.1) is 0 Å². The van der Waals surface area contributed by atoms with E-state index < -0.39 is 0 Å². The summed E-state index contributed by atoms with van der Waals surface area (Å²) in [4.78, 5) is 0. The van der Waals surface area contributed by atoms with E-state index in [0.29, 0.717) is 0 Å². The number of rotatable bonds is 3. The fourth-order valence-corrected chi connectivity index (χ4v) is 8.95. The number of aromatic nitrogens is 2. The smallest absolute Gasteiger partial charge is 0.260 e. The summed E-state index contributed by atoms with van der Waals surface area (Å²) < 4.78 is 18.1. The minimum absolute atomic E-state index is 0.0441. The summed E-state index contributed by atoms with van der Waals surface area (Å²) >= 11 is 0. The first-order valence-corrected chi connectivity index (χ1v) is 18.1. The van der Waals surface area contributed by atoms with Crippen molar-refractivity contribution in [3.63, 3.8) is 0 Å². The van der Waals surface area contributed by atoms with Crippen LogP contribution in [0.2, 0.25) is 0 Å². The summed E-state index contributed by atoms with van der Waals surface area (Å²) in [6.45, 7) is 0.0441. The second-order valence-corrected chi connectivity index (χ2v) is 14.1. The topological polar surface area (TPSA) is 28.3 Å². The third-order valence-electron chi connectivity index (χ3n) is 11.2. The zero-order valence-corrected chi connectivity index (χ0v) is 28.5. The summed E-state index contributed by atoms with van der Waals surface area (Å²) in [5.41, 5.74) is 12.6. The highest BCUT2D eigenvalue weighted by molar-refractivity contribution is 6.98. The van der Waals surface area contributed by atoms with E-state index in [4.69, 9.17) is 9.47 Å². The second-order valence-electron chi connectivity index (χ2n) is 14.1. The zero-order valence-electron chi connectivity index (χ0n) is 28.5. The Morgan fingerprint density at radius 2 is 0.849 bits per heavy atom. The van der Waals surface area contributed by atoms with Crippen LogP contribution in [-0.4, -0.2) is 15.8 Å².